The van der Waals surface area contributed by atoms with Gasteiger partial charge in [0.25, 0.3) is 0 Å². The molecule has 0 radical (unpaired) electrons. The lowest BCUT2D eigenvalue weighted by molar-refractivity contribution is -0.384. The molecule has 0 unspecified atom stereocenters. The quantitative estimate of drug-likeness (QED) is 0.585. The number of nitrogens with zero attached hydrogens (tertiary/aromatic N) is 2. The second-order valence-electron chi connectivity index (χ2n) is 3.44. The number of aryl methyl sites for hydroxylation is 1. The monoisotopic (exact) mass is 238 g/mol. The highest BCUT2D eigenvalue weighted by molar-refractivity contribution is 5.81. The third kappa shape index (κ3) is 3.71. The molecule has 1 rings (SSSR count). The van der Waals surface area contributed by atoms with Gasteiger partial charge < -0.3 is 10.6 Å². The van der Waals surface area contributed by atoms with Gasteiger partial charge in [0.15, 0.2) is 0 Å². The average Bonchev–Trinajstić information content (AvgIpc) is 2.27. The predicted molar refractivity (Wildman–Crippen MR) is 62.8 cm³/mol. The van der Waals surface area contributed by atoms with Crippen LogP contribution in [0.3, 0.4) is 0 Å². The summed E-state index contributed by atoms with van der Waals surface area (Å²) in [6.07, 6.45) is 1.51. The van der Waals surface area contributed by atoms with Crippen LogP contribution in [-0.2, 0) is 4.79 Å². The predicted octanol–water partition coefficient (Wildman–Crippen LogP) is 0.846. The number of carbonyl (C=O) groups excluding carboxylic acids is 1. The minimum absolute atomic E-state index is 0.0370. The van der Waals surface area contributed by atoms with Crippen LogP contribution in [0.4, 0.5) is 11.5 Å². The number of nitrogens with one attached hydrogen (secondary N) is 2. The van der Waals surface area contributed by atoms with Crippen LogP contribution in [0.25, 0.3) is 0 Å². The number of rotatable bonds is 5. The Bertz CT molecular complexity index is 434. The number of pyridine rings is 1. The van der Waals surface area contributed by atoms with Crippen LogP contribution in [-0.4, -0.2) is 28.9 Å². The molecule has 1 aromatic heterocycles. The Morgan fingerprint density at radius 1 is 1.59 bits per heavy atom. The van der Waals surface area contributed by atoms with Gasteiger partial charge >= 0.3 is 5.69 Å². The maximum atomic E-state index is 11.2. The molecule has 7 heteroatoms. The zero-order valence-corrected chi connectivity index (χ0v) is 9.69. The number of amides is 1. The maximum absolute atomic E-state index is 11.2. The Hall–Kier alpha value is -2.18. The van der Waals surface area contributed by atoms with E-state index in [1.165, 1.54) is 12.3 Å². The number of carbonyl (C=O) groups is 1. The van der Waals surface area contributed by atoms with Crippen molar-refractivity contribution >= 4 is 17.4 Å². The summed E-state index contributed by atoms with van der Waals surface area (Å²) in [4.78, 5) is 25.3. The molecule has 0 aromatic carbocycles. The van der Waals surface area contributed by atoms with Gasteiger partial charge in [-0.25, -0.2) is 4.98 Å². The lowest BCUT2D eigenvalue weighted by Gasteiger charge is -2.06. The lowest BCUT2D eigenvalue weighted by Crippen LogP contribution is -2.29. The number of nitro groups is 1. The molecule has 0 atom stereocenters. The molecule has 0 saturated heterocycles. The largest absolute Gasteiger partial charge is 0.355 e. The van der Waals surface area contributed by atoms with Gasteiger partial charge in [-0.2, -0.15) is 0 Å². The van der Waals surface area contributed by atoms with Crippen molar-refractivity contribution in [2.24, 2.45) is 0 Å². The van der Waals surface area contributed by atoms with Crippen LogP contribution in [0.5, 0.6) is 0 Å². The summed E-state index contributed by atoms with van der Waals surface area (Å²) in [7, 11) is 0. The van der Waals surface area contributed by atoms with E-state index in [2.05, 4.69) is 15.6 Å². The molecular weight excluding hydrogens is 224 g/mol. The van der Waals surface area contributed by atoms with Gasteiger partial charge in [-0.3, -0.25) is 14.9 Å². The average molecular weight is 238 g/mol. The number of hydrogen-bond acceptors (Lipinski definition) is 5. The second-order valence-corrected chi connectivity index (χ2v) is 3.44. The Morgan fingerprint density at radius 2 is 2.29 bits per heavy atom. The van der Waals surface area contributed by atoms with Crippen molar-refractivity contribution in [1.82, 2.24) is 10.3 Å². The summed E-state index contributed by atoms with van der Waals surface area (Å²) in [5.41, 5.74) is 0.564. The van der Waals surface area contributed by atoms with E-state index in [-0.39, 0.29) is 24.0 Å². The van der Waals surface area contributed by atoms with Crippen molar-refractivity contribution < 1.29 is 9.72 Å². The van der Waals surface area contributed by atoms with Crippen LogP contribution < -0.4 is 10.6 Å². The molecule has 0 saturated carbocycles. The van der Waals surface area contributed by atoms with E-state index in [1.807, 2.05) is 0 Å². The highest BCUT2D eigenvalue weighted by Gasteiger charge is 2.15. The molecular formula is C10H14N4O3. The summed E-state index contributed by atoms with van der Waals surface area (Å²) >= 11 is 0. The summed E-state index contributed by atoms with van der Waals surface area (Å²) in [6.45, 7) is 3.99. The first-order chi connectivity index (χ1) is 8.04. The van der Waals surface area contributed by atoms with Gasteiger partial charge in [0.1, 0.15) is 0 Å². The standard InChI is InChI=1S/C10H14N4O3/c1-3-11-9(15)6-13-10-8(14(16)17)4-7(2)5-12-10/h4-5H,3,6H2,1-2H3,(H,11,15)(H,12,13). The SMILES string of the molecule is CCNC(=O)CNc1ncc(C)cc1[N+](=O)[O-]. The zero-order chi connectivity index (χ0) is 12.8. The molecule has 0 bridgehead atoms. The van der Waals surface area contributed by atoms with Crippen molar-refractivity contribution in [3.8, 4) is 0 Å². The molecule has 0 aliphatic rings. The van der Waals surface area contributed by atoms with Crippen molar-refractivity contribution in [3.63, 3.8) is 0 Å². The van der Waals surface area contributed by atoms with E-state index in [4.69, 9.17) is 0 Å². The first kappa shape index (κ1) is 12.9. The fraction of sp³-hybridized carbons (Fsp3) is 0.400. The van der Waals surface area contributed by atoms with Crippen LogP contribution in [0.15, 0.2) is 12.3 Å². The molecule has 0 spiro atoms. The smallest absolute Gasteiger partial charge is 0.311 e. The van der Waals surface area contributed by atoms with E-state index in [9.17, 15) is 14.9 Å². The first-order valence-corrected chi connectivity index (χ1v) is 5.16. The van der Waals surface area contributed by atoms with Crippen molar-refractivity contribution in [2.45, 2.75) is 13.8 Å². The fourth-order valence-corrected chi connectivity index (χ4v) is 1.25. The van der Waals surface area contributed by atoms with Gasteiger partial charge in [0.05, 0.1) is 11.5 Å². The van der Waals surface area contributed by atoms with Gasteiger partial charge in [0, 0.05) is 18.8 Å². The molecule has 0 aliphatic heterocycles. The Morgan fingerprint density at radius 3 is 2.88 bits per heavy atom. The van der Waals surface area contributed by atoms with Gasteiger partial charge in [-0.1, -0.05) is 0 Å². The van der Waals surface area contributed by atoms with E-state index >= 15 is 0 Å². The molecule has 1 aromatic rings. The molecule has 17 heavy (non-hydrogen) atoms. The normalized spacial score (nSPS) is 9.76. The third-order valence-corrected chi connectivity index (χ3v) is 1.99. The fourth-order valence-electron chi connectivity index (χ4n) is 1.25. The van der Waals surface area contributed by atoms with Crippen LogP contribution in [0.2, 0.25) is 0 Å². The summed E-state index contributed by atoms with van der Waals surface area (Å²) in [6, 6.07) is 1.41. The number of anilines is 1. The third-order valence-electron chi connectivity index (χ3n) is 1.99. The van der Waals surface area contributed by atoms with Crippen molar-refractivity contribution in [1.29, 1.82) is 0 Å². The van der Waals surface area contributed by atoms with Gasteiger partial charge in [-0.05, 0) is 19.4 Å². The zero-order valence-electron chi connectivity index (χ0n) is 9.69. The summed E-state index contributed by atoms with van der Waals surface area (Å²) in [5.74, 6) is -0.129. The topological polar surface area (TPSA) is 97.2 Å². The second kappa shape index (κ2) is 5.78. The number of aromatic nitrogens is 1. The van der Waals surface area contributed by atoms with Crippen molar-refractivity contribution in [3.05, 3.63) is 27.9 Å². The van der Waals surface area contributed by atoms with Crippen molar-refractivity contribution in [2.75, 3.05) is 18.4 Å². The Labute approximate surface area is 98.4 Å². The highest BCUT2D eigenvalue weighted by Crippen LogP contribution is 2.21. The Kier molecular flexibility index (Phi) is 4.38. The molecule has 7 nitrogen and oxygen atoms in total. The Balaban J connectivity index is 2.77. The van der Waals surface area contributed by atoms with E-state index in [0.717, 1.165) is 0 Å². The molecule has 0 aliphatic carbocycles. The molecule has 0 fully saturated rings. The maximum Gasteiger partial charge on any atom is 0.311 e. The number of hydrogen-bond donors (Lipinski definition) is 2. The number of likely N-dealkylation sites (N-methyl/N-ethyl adjacent to an activating group) is 1. The summed E-state index contributed by atoms with van der Waals surface area (Å²) < 4.78 is 0. The van der Waals surface area contributed by atoms with Crippen LogP contribution in [0, 0.1) is 17.0 Å². The lowest BCUT2D eigenvalue weighted by atomic mass is 10.3. The minimum Gasteiger partial charge on any atom is -0.355 e. The van der Waals surface area contributed by atoms with Crippen LogP contribution in [0.1, 0.15) is 12.5 Å². The highest BCUT2D eigenvalue weighted by atomic mass is 16.6. The molecule has 2 N–H and O–H groups in total. The summed E-state index contributed by atoms with van der Waals surface area (Å²) in [5, 5.41) is 16.0. The molecule has 1 heterocycles. The molecule has 92 valence electrons. The van der Waals surface area contributed by atoms with Gasteiger partial charge in [0.2, 0.25) is 11.7 Å². The van der Waals surface area contributed by atoms with E-state index < -0.39 is 4.92 Å². The van der Waals surface area contributed by atoms with Gasteiger partial charge in [-0.15, -0.1) is 0 Å². The van der Waals surface area contributed by atoms with E-state index in [1.54, 1.807) is 13.8 Å². The van der Waals surface area contributed by atoms with E-state index in [0.29, 0.717) is 12.1 Å². The van der Waals surface area contributed by atoms with Crippen LogP contribution >= 0.6 is 0 Å². The first-order valence-electron chi connectivity index (χ1n) is 5.16. The molecule has 1 amide bonds. The minimum atomic E-state index is -0.528.